The van der Waals surface area contributed by atoms with Gasteiger partial charge in [-0.25, -0.2) is 4.39 Å². The number of aliphatic carboxylic acids is 1. The molecule has 0 aliphatic heterocycles. The molecule has 0 radical (unpaired) electrons. The zero-order valence-corrected chi connectivity index (χ0v) is 73.9. The summed E-state index contributed by atoms with van der Waals surface area (Å²) in [6, 6.07) is 24.7. The SMILES string of the molecule is CCN(CC)CCCC(C)Nc1ccnc2cc(Cl)ccc12.CCN(CCO)CCCC(C)Nc1ccnc2cc(Cl)ccc12.C[C@@H]1C[C@H]2[C@@H]3CCC4=CC(=O)C=C[C@]4(C)[C@@]3(F)[C@@H](O)C[C@]2(C)[C@@]1(O)C(=O)CO.C[C@]12CCC(=O)C=C1CC[C@@H]1[C@@H]2[C@@H](O)C[C@@]2(C)[C@H]1CC[C@]2(O)C(=O)CO.O=C(O)CCCc1ccc(N(CCCl)CCCl)cc1. The highest BCUT2D eigenvalue weighted by molar-refractivity contribution is 6.31. The fraction of sp³-hybridized carbons (Fsp3) is 0.624. The molecule has 8 aliphatic rings. The monoisotopic (exact) mass is 1710 g/mol. The lowest BCUT2D eigenvalue weighted by Gasteiger charge is -2.62. The fourth-order valence-corrected chi connectivity index (χ4v) is 22.7. The van der Waals surface area contributed by atoms with E-state index in [1.807, 2.05) is 92.1 Å². The molecule has 20 nitrogen and oxygen atoms in total. The zero-order valence-electron chi connectivity index (χ0n) is 70.8. The van der Waals surface area contributed by atoms with E-state index in [0.717, 1.165) is 147 Å². The molecule has 6 fully saturated rings. The Hall–Kier alpha value is -6.02. The Morgan fingerprint density at radius 1 is 0.653 bits per heavy atom. The minimum atomic E-state index is -1.98. The molecular weight excluding hydrogens is 1580 g/mol. The number of pyridine rings is 2. The van der Waals surface area contributed by atoms with E-state index >= 15 is 4.39 Å². The van der Waals surface area contributed by atoms with Crippen LogP contribution in [0.25, 0.3) is 21.8 Å². The number of rotatable bonds is 30. The van der Waals surface area contributed by atoms with E-state index < -0.39 is 87.9 Å². The van der Waals surface area contributed by atoms with Crippen molar-refractivity contribution in [3.63, 3.8) is 0 Å². The number of carboxylic acids is 1. The number of Topliss-reactive ketones (excluding diaryl/α,β-unsaturated/α-hetero) is 2. The van der Waals surface area contributed by atoms with E-state index in [1.165, 1.54) is 30.7 Å². The van der Waals surface area contributed by atoms with E-state index in [0.29, 0.717) is 79.4 Å². The molecule has 2 aromatic heterocycles. The molecule has 0 saturated heterocycles. The number of anilines is 3. The number of hydrogen-bond donors (Lipinski definition) is 10. The van der Waals surface area contributed by atoms with Crippen LogP contribution in [-0.4, -0.2) is 215 Å². The Morgan fingerprint density at radius 3 is 1.76 bits per heavy atom. The number of carboxylic acid groups (broad SMARTS) is 1. The number of allylic oxidation sites excluding steroid dienone is 5. The number of nitrogens with one attached hydrogen (secondary N) is 2. The third-order valence-corrected chi connectivity index (χ3v) is 29.3. The van der Waals surface area contributed by atoms with Gasteiger partial charge in [-0.3, -0.25) is 33.9 Å². The zero-order chi connectivity index (χ0) is 86.3. The van der Waals surface area contributed by atoms with Crippen LogP contribution in [0.2, 0.25) is 10.0 Å². The predicted octanol–water partition coefficient (Wildman–Crippen LogP) is 15.6. The summed E-state index contributed by atoms with van der Waals surface area (Å²) in [7, 11) is 0. The third kappa shape index (κ3) is 20.6. The maximum Gasteiger partial charge on any atom is 0.303 e. The molecule has 2 heterocycles. The number of benzene rings is 3. The molecule has 17 atom stereocenters. The summed E-state index contributed by atoms with van der Waals surface area (Å²) >= 11 is 23.6. The lowest BCUT2D eigenvalue weighted by Crippen LogP contribution is -2.69. The van der Waals surface area contributed by atoms with Gasteiger partial charge in [0.1, 0.15) is 24.4 Å². The van der Waals surface area contributed by atoms with Crippen LogP contribution in [0.15, 0.2) is 121 Å². The Morgan fingerprint density at radius 2 is 1.22 bits per heavy atom. The molecule has 0 spiro atoms. The van der Waals surface area contributed by atoms with E-state index in [9.17, 15) is 54.6 Å². The van der Waals surface area contributed by atoms with Gasteiger partial charge in [-0.05, 0) is 276 Å². The van der Waals surface area contributed by atoms with Crippen molar-refractivity contribution in [2.45, 2.75) is 226 Å². The Bertz CT molecular complexity index is 4340. The second-order valence-corrected chi connectivity index (χ2v) is 36.8. The number of alkyl halides is 3. The fourth-order valence-electron chi connectivity index (χ4n) is 22.0. The molecule has 0 bridgehead atoms. The van der Waals surface area contributed by atoms with Crippen molar-refractivity contribution in [1.82, 2.24) is 19.8 Å². The number of fused-ring (bicyclic) bond motifs is 12. The number of likely N-dealkylation sites (N-methyl/N-ethyl adjacent to an activating group) is 1. The average molecular weight is 1710 g/mol. The summed E-state index contributed by atoms with van der Waals surface area (Å²) in [6.45, 7) is 26.9. The van der Waals surface area contributed by atoms with Crippen LogP contribution in [0.1, 0.15) is 184 Å². The highest BCUT2D eigenvalue weighted by Gasteiger charge is 2.76. The summed E-state index contributed by atoms with van der Waals surface area (Å²) in [4.78, 5) is 74.7. The van der Waals surface area contributed by atoms with Gasteiger partial charge in [0.25, 0.3) is 0 Å². The number of hydrogen-bond acceptors (Lipinski definition) is 19. The van der Waals surface area contributed by atoms with Gasteiger partial charge in [0, 0.05) is 129 Å². The van der Waals surface area contributed by atoms with Crippen molar-refractivity contribution in [2.75, 3.05) is 99.5 Å². The number of aliphatic hydroxyl groups excluding tert-OH is 5. The second kappa shape index (κ2) is 41.9. The van der Waals surface area contributed by atoms with E-state index in [-0.39, 0.29) is 60.1 Å². The largest absolute Gasteiger partial charge is 0.481 e. The molecule has 3 aromatic carbocycles. The van der Waals surface area contributed by atoms with E-state index in [2.05, 4.69) is 76.8 Å². The van der Waals surface area contributed by atoms with E-state index in [1.54, 1.807) is 32.9 Å². The van der Waals surface area contributed by atoms with Crippen molar-refractivity contribution < 1.29 is 69.2 Å². The molecular formula is C93H130Cl4FN7O13. The summed E-state index contributed by atoms with van der Waals surface area (Å²) in [5.41, 5.74) is -0.0617. The van der Waals surface area contributed by atoms with Gasteiger partial charge in [-0.15, -0.1) is 23.2 Å². The maximum absolute atomic E-state index is 16.9. The first-order valence-electron chi connectivity index (χ1n) is 42.9. The minimum Gasteiger partial charge on any atom is -0.481 e. The first-order valence-corrected chi connectivity index (χ1v) is 44.7. The summed E-state index contributed by atoms with van der Waals surface area (Å²) in [6.07, 6.45) is 20.1. The molecule has 25 heteroatoms. The lowest BCUT2D eigenvalue weighted by atomic mass is 9.44. The van der Waals surface area contributed by atoms with Crippen molar-refractivity contribution in [3.8, 4) is 0 Å². The molecule has 2 unspecified atom stereocenters. The lowest BCUT2D eigenvalue weighted by molar-refractivity contribution is -0.219. The maximum atomic E-state index is 16.9. The number of ketones is 4. The quantitative estimate of drug-likeness (QED) is 0.0191. The molecule has 0 amide bonds. The number of aromatic nitrogens is 2. The number of aryl methyl sites for hydroxylation is 1. The minimum absolute atomic E-state index is 0.0676. The highest BCUT2D eigenvalue weighted by Crippen LogP contribution is 2.72. The van der Waals surface area contributed by atoms with Crippen LogP contribution in [0.5, 0.6) is 0 Å². The van der Waals surface area contributed by atoms with Crippen molar-refractivity contribution in [1.29, 1.82) is 0 Å². The van der Waals surface area contributed by atoms with Crippen molar-refractivity contribution >= 4 is 114 Å². The Labute approximate surface area is 717 Å². The summed E-state index contributed by atoms with van der Waals surface area (Å²) in [5.74, 6) is -1.59. The van der Waals surface area contributed by atoms with Crippen molar-refractivity contribution in [3.05, 3.63) is 136 Å². The normalized spacial score (nSPS) is 30.1. The van der Waals surface area contributed by atoms with Gasteiger partial charge >= 0.3 is 5.97 Å². The molecule has 8 aliphatic carbocycles. The average Bonchev–Trinajstić information content (AvgIpc) is 1.44. The summed E-state index contributed by atoms with van der Waals surface area (Å²) < 4.78 is 16.9. The second-order valence-electron chi connectivity index (χ2n) is 35.2. The number of nitrogens with zero attached hydrogens (tertiary/aromatic N) is 5. The highest BCUT2D eigenvalue weighted by atomic mass is 35.5. The smallest absolute Gasteiger partial charge is 0.303 e. The van der Waals surface area contributed by atoms with E-state index in [4.69, 9.17) is 56.6 Å². The predicted molar refractivity (Wildman–Crippen MR) is 471 cm³/mol. The van der Waals surface area contributed by atoms with Gasteiger partial charge in [0.15, 0.2) is 28.8 Å². The Balaban J connectivity index is 0.000000169. The number of halogens is 5. The van der Waals surface area contributed by atoms with Crippen LogP contribution in [0.3, 0.4) is 0 Å². The van der Waals surface area contributed by atoms with Gasteiger partial charge in [0.2, 0.25) is 0 Å². The third-order valence-electron chi connectivity index (χ3n) is 28.5. The topological polar surface area (TPSA) is 307 Å². The molecule has 118 heavy (non-hydrogen) atoms. The molecule has 650 valence electrons. The first-order chi connectivity index (χ1) is 56.1. The molecule has 10 N–H and O–H groups in total. The van der Waals surface area contributed by atoms with Gasteiger partial charge in [-0.2, -0.15) is 0 Å². The van der Waals surface area contributed by atoms with Gasteiger partial charge < -0.3 is 66.2 Å². The molecule has 6 saturated carbocycles. The number of carbonyl (C=O) groups is 5. The van der Waals surface area contributed by atoms with Crippen LogP contribution in [0.4, 0.5) is 21.5 Å². The van der Waals surface area contributed by atoms with Crippen LogP contribution >= 0.6 is 46.4 Å². The Kier molecular flexibility index (Phi) is 34.0. The summed E-state index contributed by atoms with van der Waals surface area (Å²) in [5, 5.41) is 92.2. The van der Waals surface area contributed by atoms with Crippen LogP contribution < -0.4 is 15.5 Å². The molecule has 13 rings (SSSR count). The van der Waals surface area contributed by atoms with Crippen molar-refractivity contribution in [2.24, 2.45) is 57.2 Å². The standard InChI is InChI=1S/C22H29FO5.C21H30O5.C18H26ClN3O.C18H26ClN3.C14H19Cl2NO2/c1-12-8-16-15-5-4-13-9-14(25)6-7-19(13,2)21(15,23)17(26)10-20(16,3)22(12,28)18(27)11-24;1-19-7-5-13(23)9-12(19)3-4-14-15-6-8-21(26,17(25)11-22)20(15,2)10-16(24)18(14)19;1-3-22(11-12-23)10-4-5-14(2)21-17-8-9-20-18-13-15(19)6-7-16(17)18;1-4-22(5-2)12-6-7-14(3)21-17-10-11-20-18-13-15(19)8-9-16(17)18;15-8-10-17(11-9-16)13-6-4-12(5-7-13)2-1-3-14(18)19/h6-7,9,12,15-17,24,26,28H,4-5,8,10-11H2,1-3H3;9,14-16,18,22,24,26H,3-8,10-11H2,1-2H3;6-9,13-14,23H,3-5,10-12H2,1-2H3,(H,20,21);8-11,13-14H,4-7,12H2,1-3H3,(H,20,21);4-7H,1-3,8-11H2,(H,18,19)/t12-,15+,16+,17+,19+,20+,21+,22+;14-,15-,16-,18+,19-,20-,21-;;;/m10.../s1. The van der Waals surface area contributed by atoms with Crippen LogP contribution in [-0.2, 0) is 30.4 Å². The first kappa shape index (κ1) is 95.8. The number of aliphatic hydroxyl groups is 7. The molecule has 5 aromatic rings. The van der Waals surface area contributed by atoms with Crippen LogP contribution in [0, 0.1) is 57.2 Å². The van der Waals surface area contributed by atoms with Gasteiger partial charge in [0.05, 0.1) is 29.8 Å². The number of carbonyl (C=O) groups excluding carboxylic acids is 4. The van der Waals surface area contributed by atoms with Gasteiger partial charge in [-0.1, -0.05) is 101 Å².